The number of halogens is 7. The Morgan fingerprint density at radius 3 is 1.09 bits per heavy atom. The number of nitrogens with two attached hydrogens (primary N) is 1. The standard InChI is InChI=1S/C16H11Cl2NO4.C16H12ClNO5.C9H7NO6.C9H9NO3.C7H4Cl2O.Cl2OS/c1-23-16(22)11-5-10(14(18)20)7-13(8-11)19-15(21)9-3-2-4-12(17)6-9;1-23-16(22)11-5-10(15(20)21)7-13(8-11)18-14(19)9-3-2-4-12(17)6-9;1-16-9(13)6-2-5(8(11)12)3-7(4-6)10(14)15;1-5(11)6-2-7(9(12)13)4-8(10)3-6;8-6-3-1-2-5(4-6)7(9)10;1-4(2)3/h2-8H,1H3,(H,19,21);2-8H,1H3,(H,18,19)(H,20,21);2-4H,1H3,(H,11,12);2-4H,10H2,1H3,(H,12,13);1-4H;. The molecule has 466 valence electrons. The van der Waals surface area contributed by atoms with Crippen molar-refractivity contribution in [2.75, 3.05) is 37.7 Å². The van der Waals surface area contributed by atoms with E-state index >= 15 is 0 Å². The molecule has 0 heterocycles. The topological polar surface area (TPSA) is 386 Å². The number of carboxylic acid groups (broad SMARTS) is 3. The third-order valence-corrected chi connectivity index (χ3v) is 11.5. The Labute approximate surface area is 539 Å². The molecule has 7 rings (SSSR count). The van der Waals surface area contributed by atoms with E-state index in [1.807, 2.05) is 0 Å². The van der Waals surface area contributed by atoms with Crippen LogP contribution in [0.1, 0.15) is 121 Å². The van der Waals surface area contributed by atoms with Crippen LogP contribution in [0.3, 0.4) is 0 Å². The Bertz CT molecular complexity index is 3690. The Morgan fingerprint density at radius 2 is 0.753 bits per heavy atom. The Balaban J connectivity index is 0.000000384. The van der Waals surface area contributed by atoms with Crippen LogP contribution in [0.15, 0.2) is 146 Å². The lowest BCUT2D eigenvalue weighted by atomic mass is 10.1. The average molecular weight is 1380 g/mol. The average Bonchev–Trinajstić information content (AvgIpc) is 3.68. The highest BCUT2D eigenvalue weighted by Gasteiger charge is 2.19. The molecule has 24 nitrogen and oxygen atoms in total. The van der Waals surface area contributed by atoms with E-state index < -0.39 is 78.0 Å². The largest absolute Gasteiger partial charge is 0.478 e. The number of methoxy groups -OCH3 is 3. The van der Waals surface area contributed by atoms with Crippen molar-refractivity contribution >= 4 is 175 Å². The van der Waals surface area contributed by atoms with E-state index in [4.69, 9.17) is 83.3 Å². The van der Waals surface area contributed by atoms with Gasteiger partial charge in [-0.3, -0.25) is 34.1 Å². The smallest absolute Gasteiger partial charge is 0.338 e. The van der Waals surface area contributed by atoms with Crippen molar-refractivity contribution in [1.82, 2.24) is 0 Å². The third kappa shape index (κ3) is 27.1. The van der Waals surface area contributed by atoms with Crippen LogP contribution in [0.25, 0.3) is 0 Å². The molecule has 0 saturated heterocycles. The summed E-state index contributed by atoms with van der Waals surface area (Å²) in [4.78, 5) is 134. The van der Waals surface area contributed by atoms with Gasteiger partial charge in [-0.1, -0.05) is 53.0 Å². The van der Waals surface area contributed by atoms with Gasteiger partial charge in [-0.05, 0) is 145 Å². The maximum absolute atomic E-state index is 12.2. The molecule has 0 unspecified atom stereocenters. The quantitative estimate of drug-likeness (QED) is 0.0112. The van der Waals surface area contributed by atoms with Gasteiger partial charge in [-0.2, -0.15) is 0 Å². The highest BCUT2D eigenvalue weighted by molar-refractivity contribution is 8.26. The van der Waals surface area contributed by atoms with Gasteiger partial charge in [0.05, 0.1) is 59.6 Å². The molecule has 0 aliphatic carbocycles. The summed E-state index contributed by atoms with van der Waals surface area (Å²) in [6.07, 6.45) is 0. The molecule has 0 aliphatic rings. The normalized spacial score (nSPS) is 9.75. The number of carbonyl (C=O) groups is 11. The lowest BCUT2D eigenvalue weighted by Gasteiger charge is -2.09. The molecular weight excluding hydrogens is 1340 g/mol. The minimum absolute atomic E-state index is 0.0220. The van der Waals surface area contributed by atoms with Crippen molar-refractivity contribution in [2.24, 2.45) is 0 Å². The molecule has 0 aromatic heterocycles. The van der Waals surface area contributed by atoms with Crippen LogP contribution in [-0.4, -0.2) is 110 Å². The fourth-order valence-corrected chi connectivity index (χ4v) is 7.24. The van der Waals surface area contributed by atoms with Gasteiger partial charge in [0.15, 0.2) is 5.78 Å². The van der Waals surface area contributed by atoms with Gasteiger partial charge in [0, 0.05) is 93.4 Å². The Morgan fingerprint density at radius 1 is 0.461 bits per heavy atom. The van der Waals surface area contributed by atoms with Crippen LogP contribution in [0.2, 0.25) is 15.1 Å². The lowest BCUT2D eigenvalue weighted by molar-refractivity contribution is -0.384. The van der Waals surface area contributed by atoms with E-state index in [-0.39, 0.29) is 61.8 Å². The number of hydrogen-bond acceptors (Lipinski definition) is 18. The number of nitrogens with one attached hydrogen (secondary N) is 2. The number of nitrogen functional groups attached to an aromatic ring is 1. The molecule has 0 atom stereocenters. The Hall–Kier alpha value is -9.31. The first-order valence-electron chi connectivity index (χ1n) is 23.7. The summed E-state index contributed by atoms with van der Waals surface area (Å²) >= 11 is 27.9. The predicted octanol–water partition coefficient (Wildman–Crippen LogP) is 12.8. The van der Waals surface area contributed by atoms with Crippen molar-refractivity contribution < 1.29 is 91.4 Å². The summed E-state index contributed by atoms with van der Waals surface area (Å²) in [5.41, 5.74) is 6.57. The van der Waals surface area contributed by atoms with E-state index in [2.05, 4.69) is 46.2 Å². The summed E-state index contributed by atoms with van der Waals surface area (Å²) in [6, 6.07) is 33.8. The zero-order valence-corrected chi connectivity index (χ0v) is 51.8. The molecule has 32 heteroatoms. The second-order valence-electron chi connectivity index (χ2n) is 16.6. The molecular formula is C57H43Cl7N4O20S. The summed E-state index contributed by atoms with van der Waals surface area (Å²) in [7, 11) is 10.8. The van der Waals surface area contributed by atoms with E-state index in [0.717, 1.165) is 25.3 Å². The van der Waals surface area contributed by atoms with Crippen LogP contribution in [0, 0.1) is 10.1 Å². The fraction of sp³-hybridized carbons (Fsp3) is 0.0702. The van der Waals surface area contributed by atoms with Gasteiger partial charge >= 0.3 is 35.8 Å². The maximum atomic E-state index is 12.2. The van der Waals surface area contributed by atoms with Gasteiger partial charge < -0.3 is 45.9 Å². The first-order chi connectivity index (χ1) is 41.7. The molecule has 2 amide bonds. The number of rotatable bonds is 14. The molecule has 0 saturated carbocycles. The molecule has 7 aromatic carbocycles. The van der Waals surface area contributed by atoms with E-state index in [1.54, 1.807) is 54.6 Å². The van der Waals surface area contributed by atoms with Crippen LogP contribution < -0.4 is 16.4 Å². The summed E-state index contributed by atoms with van der Waals surface area (Å²) in [5, 5.41) is 42.1. The number of aromatic carboxylic acids is 3. The number of benzene rings is 7. The molecule has 0 spiro atoms. The number of ketones is 1. The highest BCUT2D eigenvalue weighted by Crippen LogP contribution is 2.23. The number of nitrogens with zero attached hydrogens (tertiary/aromatic N) is 1. The van der Waals surface area contributed by atoms with Gasteiger partial charge in [-0.15, -0.1) is 0 Å². The number of hydrogen-bond donors (Lipinski definition) is 6. The SMILES string of the molecule is CC(=O)c1cc(N)cc(C(=O)O)c1.COC(=O)c1cc(C(=O)O)cc([N+](=O)[O-])c1.COC(=O)c1cc(NC(=O)c2cccc(Cl)c2)cc(C(=O)Cl)c1.COC(=O)c1cc(NC(=O)c2cccc(Cl)c2)cc(C(=O)O)c1.O=C(Cl)c1cccc(Cl)c1.O=S(Cl)Cl. The number of carboxylic acids is 3. The molecule has 0 fully saturated rings. The van der Waals surface area contributed by atoms with E-state index in [1.165, 1.54) is 93.9 Å². The van der Waals surface area contributed by atoms with Crippen LogP contribution in [-0.2, 0) is 23.4 Å². The van der Waals surface area contributed by atoms with Crippen molar-refractivity contribution in [2.45, 2.75) is 6.92 Å². The molecule has 0 bridgehead atoms. The fourth-order valence-electron chi connectivity index (χ4n) is 6.44. The number of nitro groups is 1. The third-order valence-electron chi connectivity index (χ3n) is 10.3. The summed E-state index contributed by atoms with van der Waals surface area (Å²) < 4.78 is 22.6. The lowest BCUT2D eigenvalue weighted by Crippen LogP contribution is -2.14. The second kappa shape index (κ2) is 37.4. The molecule has 0 radical (unpaired) electrons. The summed E-state index contributed by atoms with van der Waals surface area (Å²) in [5.74, 6) is -6.97. The first-order valence-corrected chi connectivity index (χ1v) is 28.4. The number of ether oxygens (including phenoxy) is 3. The first kappa shape index (κ1) is 75.8. The Kier molecular flexibility index (Phi) is 31.8. The highest BCUT2D eigenvalue weighted by atomic mass is 36.0. The number of esters is 3. The van der Waals surface area contributed by atoms with E-state index in [9.17, 15) is 62.9 Å². The number of nitro benzene ring substituents is 1. The second-order valence-corrected chi connectivity index (χ2v) is 21.1. The number of anilines is 3. The van der Waals surface area contributed by atoms with Gasteiger partial charge in [0.2, 0.25) is 9.23 Å². The zero-order chi connectivity index (χ0) is 67.4. The summed E-state index contributed by atoms with van der Waals surface area (Å²) in [6.45, 7) is 1.36. The number of Topliss-reactive ketones (excluding diaryl/α,β-unsaturated/α-hetero) is 1. The maximum Gasteiger partial charge on any atom is 0.338 e. The minimum Gasteiger partial charge on any atom is -0.478 e. The molecule has 7 N–H and O–H groups in total. The van der Waals surface area contributed by atoms with Crippen molar-refractivity contribution in [3.05, 3.63) is 232 Å². The van der Waals surface area contributed by atoms with Gasteiger partial charge in [0.25, 0.3) is 28.0 Å². The minimum atomic E-state index is -1.67. The molecule has 0 aliphatic heterocycles. The molecule has 89 heavy (non-hydrogen) atoms. The number of carbonyl (C=O) groups excluding carboxylic acids is 8. The van der Waals surface area contributed by atoms with Crippen molar-refractivity contribution in [1.29, 1.82) is 0 Å². The monoisotopic (exact) mass is 1380 g/mol. The number of non-ortho nitro benzene ring substituents is 1. The molecule has 7 aromatic rings. The van der Waals surface area contributed by atoms with Gasteiger partial charge in [-0.25, -0.2) is 33.0 Å². The van der Waals surface area contributed by atoms with Crippen LogP contribution >= 0.6 is 79.4 Å². The van der Waals surface area contributed by atoms with E-state index in [0.29, 0.717) is 37.3 Å². The van der Waals surface area contributed by atoms with Crippen molar-refractivity contribution in [3.63, 3.8) is 0 Å². The predicted molar refractivity (Wildman–Crippen MR) is 332 cm³/mol. The number of amides is 2. The van der Waals surface area contributed by atoms with Gasteiger partial charge in [0.1, 0.15) is 0 Å². The van der Waals surface area contributed by atoms with Crippen LogP contribution in [0.5, 0.6) is 0 Å². The zero-order valence-electron chi connectivity index (χ0n) is 45.7. The van der Waals surface area contributed by atoms with Crippen molar-refractivity contribution in [3.8, 4) is 0 Å². The van der Waals surface area contributed by atoms with Crippen LogP contribution in [0.4, 0.5) is 22.7 Å².